The maximum atomic E-state index is 12.4. The Bertz CT molecular complexity index is 850. The molecule has 25 heavy (non-hydrogen) atoms. The molecule has 2 heterocycles. The van der Waals surface area contributed by atoms with Gasteiger partial charge in [0.05, 0.1) is 5.02 Å². The van der Waals surface area contributed by atoms with Crippen molar-refractivity contribution in [2.45, 2.75) is 18.6 Å². The second-order valence-corrected chi connectivity index (χ2v) is 6.51. The molecule has 0 aliphatic carbocycles. The van der Waals surface area contributed by atoms with E-state index in [1.807, 2.05) is 0 Å². The Hall–Kier alpha value is -1.93. The first kappa shape index (κ1) is 17.9. The van der Waals surface area contributed by atoms with Crippen LogP contribution in [0.4, 0.5) is 13.2 Å². The molecule has 2 amide bonds. The minimum atomic E-state index is -4.48. The number of H-pyrrole nitrogens is 1. The predicted molar refractivity (Wildman–Crippen MR) is 86.8 cm³/mol. The number of halogens is 5. The van der Waals surface area contributed by atoms with Crippen molar-refractivity contribution in [2.24, 2.45) is 0 Å². The summed E-state index contributed by atoms with van der Waals surface area (Å²) in [5.41, 5.74) is 0.608. The van der Waals surface area contributed by atoms with Gasteiger partial charge in [-0.05, 0) is 24.6 Å². The Labute approximate surface area is 150 Å². The number of aromatic nitrogens is 1. The van der Waals surface area contributed by atoms with Crippen molar-refractivity contribution in [1.29, 1.82) is 0 Å². The largest absolute Gasteiger partial charge is 0.406 e. The van der Waals surface area contributed by atoms with E-state index in [9.17, 15) is 22.8 Å². The van der Waals surface area contributed by atoms with Crippen molar-refractivity contribution in [3.63, 3.8) is 0 Å². The number of alkyl halides is 3. The first-order valence-electron chi connectivity index (χ1n) is 7.29. The average molecular weight is 394 g/mol. The molecule has 1 atom stereocenters. The van der Waals surface area contributed by atoms with Crippen LogP contribution in [-0.4, -0.2) is 47.0 Å². The maximum Gasteiger partial charge on any atom is 0.406 e. The lowest BCUT2D eigenvalue weighted by Crippen LogP contribution is -2.43. The highest BCUT2D eigenvalue weighted by Crippen LogP contribution is 2.30. The first-order chi connectivity index (χ1) is 11.7. The summed E-state index contributed by atoms with van der Waals surface area (Å²) in [7, 11) is 0. The van der Waals surface area contributed by atoms with E-state index in [0.29, 0.717) is 20.8 Å². The highest BCUT2D eigenvalue weighted by atomic mass is 35.5. The number of rotatable bonds is 3. The van der Waals surface area contributed by atoms with E-state index in [-0.39, 0.29) is 23.7 Å². The highest BCUT2D eigenvalue weighted by molar-refractivity contribution is 6.39. The molecule has 134 valence electrons. The minimum absolute atomic E-state index is 0.0287. The standard InChI is InChI=1S/C15H12Cl2F3N3O2/c16-7-1-2-9-8(5-7)11(17)12(21-9)13(24)22-10-3-4-23(14(10)25)6-15(18,19)20/h1-2,5,10,21H,3-4,6H2,(H,22,24). The molecular weight excluding hydrogens is 382 g/mol. The van der Waals surface area contributed by atoms with Crippen LogP contribution in [0.1, 0.15) is 16.9 Å². The van der Waals surface area contributed by atoms with Crippen LogP contribution in [0.15, 0.2) is 18.2 Å². The molecule has 0 saturated carbocycles. The molecule has 1 aromatic carbocycles. The van der Waals surface area contributed by atoms with Crippen LogP contribution in [0, 0.1) is 0 Å². The molecule has 1 fully saturated rings. The summed E-state index contributed by atoms with van der Waals surface area (Å²) in [5.74, 6) is -1.43. The number of benzene rings is 1. The molecule has 1 aliphatic heterocycles. The van der Waals surface area contributed by atoms with Gasteiger partial charge in [0, 0.05) is 22.5 Å². The normalized spacial score (nSPS) is 18.2. The first-order valence-corrected chi connectivity index (χ1v) is 8.04. The predicted octanol–water partition coefficient (Wildman–Crippen LogP) is 3.37. The Morgan fingerprint density at radius 1 is 1.36 bits per heavy atom. The van der Waals surface area contributed by atoms with E-state index in [1.54, 1.807) is 18.2 Å². The summed E-state index contributed by atoms with van der Waals surface area (Å²) < 4.78 is 37.3. The van der Waals surface area contributed by atoms with Crippen molar-refractivity contribution in [3.05, 3.63) is 33.9 Å². The van der Waals surface area contributed by atoms with Crippen LogP contribution in [0.3, 0.4) is 0 Å². The third-order valence-corrected chi connectivity index (χ3v) is 4.52. The van der Waals surface area contributed by atoms with E-state index in [2.05, 4.69) is 10.3 Å². The van der Waals surface area contributed by atoms with Gasteiger partial charge in [0.25, 0.3) is 5.91 Å². The van der Waals surface area contributed by atoms with Crippen molar-refractivity contribution in [3.8, 4) is 0 Å². The Kier molecular flexibility index (Phi) is 4.59. The molecule has 5 nitrogen and oxygen atoms in total. The van der Waals surface area contributed by atoms with Crippen molar-refractivity contribution < 1.29 is 22.8 Å². The molecule has 0 spiro atoms. The van der Waals surface area contributed by atoms with E-state index in [4.69, 9.17) is 23.2 Å². The third kappa shape index (κ3) is 3.69. The zero-order chi connectivity index (χ0) is 18.4. The summed E-state index contributed by atoms with van der Waals surface area (Å²) in [6.45, 7) is -1.40. The van der Waals surface area contributed by atoms with Crippen LogP contribution >= 0.6 is 23.2 Å². The van der Waals surface area contributed by atoms with E-state index >= 15 is 0 Å². The average Bonchev–Trinajstić information content (AvgIpc) is 3.01. The number of carbonyl (C=O) groups excluding carboxylic acids is 2. The minimum Gasteiger partial charge on any atom is -0.349 e. The lowest BCUT2D eigenvalue weighted by atomic mass is 10.2. The van der Waals surface area contributed by atoms with Gasteiger partial charge in [-0.1, -0.05) is 23.2 Å². The fourth-order valence-electron chi connectivity index (χ4n) is 2.76. The van der Waals surface area contributed by atoms with Crippen LogP contribution in [0.2, 0.25) is 10.0 Å². The molecule has 10 heteroatoms. The SMILES string of the molecule is O=C(NC1CCN(CC(F)(F)F)C1=O)c1[nH]c2ccc(Cl)cc2c1Cl. The second-order valence-electron chi connectivity index (χ2n) is 5.69. The van der Waals surface area contributed by atoms with Crippen molar-refractivity contribution >= 4 is 45.9 Å². The molecule has 2 N–H and O–H groups in total. The molecular formula is C15H12Cl2F3N3O2. The summed E-state index contributed by atoms with van der Waals surface area (Å²) in [4.78, 5) is 27.9. The molecule has 1 aliphatic rings. The topological polar surface area (TPSA) is 65.2 Å². The van der Waals surface area contributed by atoms with Crippen molar-refractivity contribution in [1.82, 2.24) is 15.2 Å². The van der Waals surface area contributed by atoms with Crippen LogP contribution in [0.5, 0.6) is 0 Å². The third-order valence-electron chi connectivity index (χ3n) is 3.90. The van der Waals surface area contributed by atoms with Crippen molar-refractivity contribution in [2.75, 3.05) is 13.1 Å². The Balaban J connectivity index is 1.75. The number of hydrogen-bond donors (Lipinski definition) is 2. The number of likely N-dealkylation sites (tertiary alicyclic amines) is 1. The number of carbonyl (C=O) groups is 2. The van der Waals surface area contributed by atoms with E-state index in [1.165, 1.54) is 0 Å². The number of fused-ring (bicyclic) bond motifs is 1. The van der Waals surface area contributed by atoms with Gasteiger partial charge in [-0.25, -0.2) is 0 Å². The van der Waals surface area contributed by atoms with E-state index in [0.717, 1.165) is 0 Å². The van der Waals surface area contributed by atoms with Crippen LogP contribution < -0.4 is 5.32 Å². The number of aromatic amines is 1. The summed E-state index contributed by atoms with van der Waals surface area (Å²) in [6, 6.07) is 3.83. The number of nitrogens with one attached hydrogen (secondary N) is 2. The van der Waals surface area contributed by atoms with Gasteiger partial charge < -0.3 is 15.2 Å². The smallest absolute Gasteiger partial charge is 0.349 e. The molecule has 1 saturated heterocycles. The fraction of sp³-hybridized carbons (Fsp3) is 0.333. The summed E-state index contributed by atoms with van der Waals surface area (Å²) in [6.07, 6.45) is -4.38. The van der Waals surface area contributed by atoms with Gasteiger partial charge in [0.15, 0.2) is 0 Å². The molecule has 1 unspecified atom stereocenters. The van der Waals surface area contributed by atoms with Gasteiger partial charge in [-0.15, -0.1) is 0 Å². The Morgan fingerprint density at radius 2 is 2.08 bits per heavy atom. The zero-order valence-electron chi connectivity index (χ0n) is 12.6. The molecule has 1 aromatic heterocycles. The second kappa shape index (κ2) is 6.42. The zero-order valence-corrected chi connectivity index (χ0v) is 14.1. The molecule has 0 radical (unpaired) electrons. The fourth-order valence-corrected chi connectivity index (χ4v) is 3.23. The highest BCUT2D eigenvalue weighted by Gasteiger charge is 2.40. The number of hydrogen-bond acceptors (Lipinski definition) is 2. The Morgan fingerprint density at radius 3 is 2.76 bits per heavy atom. The monoisotopic (exact) mass is 393 g/mol. The molecule has 2 aromatic rings. The number of nitrogens with zero attached hydrogens (tertiary/aromatic N) is 1. The summed E-state index contributed by atoms with van der Waals surface area (Å²) in [5, 5.41) is 3.54. The number of amides is 2. The van der Waals surface area contributed by atoms with Gasteiger partial charge >= 0.3 is 6.18 Å². The van der Waals surface area contributed by atoms with Crippen LogP contribution in [-0.2, 0) is 4.79 Å². The van der Waals surface area contributed by atoms with Gasteiger partial charge in [-0.2, -0.15) is 13.2 Å². The lowest BCUT2D eigenvalue weighted by Gasteiger charge is -2.18. The molecule has 0 bridgehead atoms. The maximum absolute atomic E-state index is 12.4. The van der Waals surface area contributed by atoms with Gasteiger partial charge in [0.1, 0.15) is 18.3 Å². The van der Waals surface area contributed by atoms with Gasteiger partial charge in [0.2, 0.25) is 5.91 Å². The summed E-state index contributed by atoms with van der Waals surface area (Å²) >= 11 is 12.1. The van der Waals surface area contributed by atoms with E-state index < -0.39 is 30.6 Å². The lowest BCUT2D eigenvalue weighted by molar-refractivity contribution is -0.157. The van der Waals surface area contributed by atoms with Crippen LogP contribution in [0.25, 0.3) is 10.9 Å². The van der Waals surface area contributed by atoms with Gasteiger partial charge in [-0.3, -0.25) is 9.59 Å². The quantitative estimate of drug-likeness (QED) is 0.839. The molecule has 3 rings (SSSR count).